The summed E-state index contributed by atoms with van der Waals surface area (Å²) in [6.45, 7) is 3.05. The summed E-state index contributed by atoms with van der Waals surface area (Å²) in [6.07, 6.45) is 0. The van der Waals surface area contributed by atoms with Gasteiger partial charge in [-0.3, -0.25) is 4.79 Å². The van der Waals surface area contributed by atoms with Crippen LogP contribution in [0.15, 0.2) is 18.2 Å². The van der Waals surface area contributed by atoms with E-state index in [9.17, 15) is 4.79 Å². The Morgan fingerprint density at radius 3 is 2.69 bits per heavy atom. The Morgan fingerprint density at radius 2 is 2.12 bits per heavy atom. The van der Waals surface area contributed by atoms with Gasteiger partial charge < -0.3 is 10.2 Å². The third-order valence-corrected chi connectivity index (χ3v) is 2.63. The minimum absolute atomic E-state index is 0.0756. The molecule has 0 aliphatic heterocycles. The summed E-state index contributed by atoms with van der Waals surface area (Å²) >= 11 is 5.86. The van der Waals surface area contributed by atoms with Crippen molar-refractivity contribution in [2.45, 2.75) is 13.5 Å². The molecule has 0 atom stereocenters. The standard InChI is InChI=1S/C12H17ClN2O/c1-9-6-11(13)5-4-10(9)7-14-8-12(16)15(2)3/h4-6,14H,7-8H2,1-3H3. The number of benzene rings is 1. The molecule has 1 amide bonds. The molecule has 88 valence electrons. The Morgan fingerprint density at radius 1 is 1.44 bits per heavy atom. The Labute approximate surface area is 101 Å². The van der Waals surface area contributed by atoms with Crippen LogP contribution in [0.3, 0.4) is 0 Å². The topological polar surface area (TPSA) is 32.3 Å². The molecule has 0 fully saturated rings. The van der Waals surface area contributed by atoms with Gasteiger partial charge in [-0.05, 0) is 30.2 Å². The quantitative estimate of drug-likeness (QED) is 0.871. The summed E-state index contributed by atoms with van der Waals surface area (Å²) in [5.74, 6) is 0.0756. The predicted molar refractivity (Wildman–Crippen MR) is 66.6 cm³/mol. The maximum absolute atomic E-state index is 11.3. The average molecular weight is 241 g/mol. The highest BCUT2D eigenvalue weighted by Crippen LogP contribution is 2.14. The highest BCUT2D eigenvalue weighted by atomic mass is 35.5. The van der Waals surface area contributed by atoms with Gasteiger partial charge >= 0.3 is 0 Å². The molecule has 0 spiro atoms. The molecule has 0 unspecified atom stereocenters. The number of carbonyl (C=O) groups excluding carboxylic acids is 1. The van der Waals surface area contributed by atoms with Crippen LogP contribution in [0.5, 0.6) is 0 Å². The number of carbonyl (C=O) groups is 1. The van der Waals surface area contributed by atoms with Crippen LogP contribution >= 0.6 is 11.6 Å². The van der Waals surface area contributed by atoms with Crippen molar-refractivity contribution in [3.8, 4) is 0 Å². The number of nitrogens with zero attached hydrogens (tertiary/aromatic N) is 1. The second-order valence-electron chi connectivity index (χ2n) is 3.96. The van der Waals surface area contributed by atoms with Crippen LogP contribution < -0.4 is 5.32 Å². The lowest BCUT2D eigenvalue weighted by atomic mass is 10.1. The van der Waals surface area contributed by atoms with Crippen LogP contribution in [-0.2, 0) is 11.3 Å². The highest BCUT2D eigenvalue weighted by molar-refractivity contribution is 6.30. The van der Waals surface area contributed by atoms with E-state index in [0.717, 1.165) is 16.1 Å². The number of nitrogens with one attached hydrogen (secondary N) is 1. The molecule has 1 N–H and O–H groups in total. The molecule has 0 saturated carbocycles. The molecule has 1 rings (SSSR count). The molecular weight excluding hydrogens is 224 g/mol. The van der Waals surface area contributed by atoms with Gasteiger partial charge in [-0.15, -0.1) is 0 Å². The van der Waals surface area contributed by atoms with E-state index >= 15 is 0 Å². The molecule has 4 heteroatoms. The van der Waals surface area contributed by atoms with Crippen molar-refractivity contribution in [3.63, 3.8) is 0 Å². The van der Waals surface area contributed by atoms with Crippen LogP contribution in [0.25, 0.3) is 0 Å². The lowest BCUT2D eigenvalue weighted by molar-refractivity contribution is -0.127. The summed E-state index contributed by atoms with van der Waals surface area (Å²) in [6, 6.07) is 5.76. The first-order valence-electron chi connectivity index (χ1n) is 5.16. The molecule has 0 bridgehead atoms. The number of amides is 1. The van der Waals surface area contributed by atoms with Gasteiger partial charge in [0.05, 0.1) is 6.54 Å². The molecule has 3 nitrogen and oxygen atoms in total. The molecule has 0 aliphatic rings. The number of hydrogen-bond donors (Lipinski definition) is 1. The van der Waals surface area contributed by atoms with Gasteiger partial charge in [0.25, 0.3) is 0 Å². The molecule has 16 heavy (non-hydrogen) atoms. The summed E-state index contributed by atoms with van der Waals surface area (Å²) < 4.78 is 0. The van der Waals surface area contributed by atoms with E-state index < -0.39 is 0 Å². The second-order valence-corrected chi connectivity index (χ2v) is 4.40. The Bertz CT molecular complexity index is 377. The molecule has 0 heterocycles. The number of likely N-dealkylation sites (N-methyl/N-ethyl adjacent to an activating group) is 1. The maximum atomic E-state index is 11.3. The fraction of sp³-hybridized carbons (Fsp3) is 0.417. The van der Waals surface area contributed by atoms with E-state index in [1.165, 1.54) is 0 Å². The number of hydrogen-bond acceptors (Lipinski definition) is 2. The van der Waals surface area contributed by atoms with Crippen LogP contribution in [0, 0.1) is 6.92 Å². The van der Waals surface area contributed by atoms with Crippen LogP contribution in [0.1, 0.15) is 11.1 Å². The zero-order valence-electron chi connectivity index (χ0n) is 9.88. The first-order chi connectivity index (χ1) is 7.50. The fourth-order valence-corrected chi connectivity index (χ4v) is 1.55. The minimum atomic E-state index is 0.0756. The van der Waals surface area contributed by atoms with Gasteiger partial charge in [-0.1, -0.05) is 17.7 Å². The van der Waals surface area contributed by atoms with E-state index in [1.54, 1.807) is 19.0 Å². The lowest BCUT2D eigenvalue weighted by Gasteiger charge is -2.12. The van der Waals surface area contributed by atoms with Crippen molar-refractivity contribution < 1.29 is 4.79 Å². The third kappa shape index (κ3) is 3.83. The van der Waals surface area contributed by atoms with Gasteiger partial charge in [-0.25, -0.2) is 0 Å². The summed E-state index contributed by atoms with van der Waals surface area (Å²) in [5.41, 5.74) is 2.30. The van der Waals surface area contributed by atoms with Crippen molar-refractivity contribution >= 4 is 17.5 Å². The third-order valence-electron chi connectivity index (χ3n) is 2.40. The molecule has 1 aromatic rings. The van der Waals surface area contributed by atoms with Crippen LogP contribution in [0.2, 0.25) is 5.02 Å². The normalized spacial score (nSPS) is 10.2. The maximum Gasteiger partial charge on any atom is 0.236 e. The van der Waals surface area contributed by atoms with Crippen molar-refractivity contribution in [3.05, 3.63) is 34.3 Å². The van der Waals surface area contributed by atoms with Gasteiger partial charge in [0.2, 0.25) is 5.91 Å². The monoisotopic (exact) mass is 240 g/mol. The molecule has 0 aliphatic carbocycles. The molecule has 0 radical (unpaired) electrons. The van der Waals surface area contributed by atoms with E-state index in [1.807, 2.05) is 25.1 Å². The molecule has 0 saturated heterocycles. The van der Waals surface area contributed by atoms with Gasteiger partial charge in [-0.2, -0.15) is 0 Å². The first kappa shape index (κ1) is 13.0. The number of aryl methyl sites for hydroxylation is 1. The minimum Gasteiger partial charge on any atom is -0.348 e. The number of rotatable bonds is 4. The van der Waals surface area contributed by atoms with Crippen molar-refractivity contribution in [1.82, 2.24) is 10.2 Å². The Hall–Kier alpha value is -1.06. The van der Waals surface area contributed by atoms with Gasteiger partial charge in [0, 0.05) is 25.7 Å². The second kappa shape index (κ2) is 5.87. The van der Waals surface area contributed by atoms with E-state index in [0.29, 0.717) is 13.1 Å². The van der Waals surface area contributed by atoms with Gasteiger partial charge in [0.1, 0.15) is 0 Å². The largest absolute Gasteiger partial charge is 0.348 e. The van der Waals surface area contributed by atoms with E-state index in [-0.39, 0.29) is 5.91 Å². The molecular formula is C12H17ClN2O. The van der Waals surface area contributed by atoms with E-state index in [2.05, 4.69) is 5.32 Å². The van der Waals surface area contributed by atoms with Crippen molar-refractivity contribution in [2.75, 3.05) is 20.6 Å². The SMILES string of the molecule is Cc1cc(Cl)ccc1CNCC(=O)N(C)C. The zero-order valence-corrected chi connectivity index (χ0v) is 10.6. The Kier molecular flexibility index (Phi) is 4.77. The summed E-state index contributed by atoms with van der Waals surface area (Å²) in [5, 5.41) is 3.85. The van der Waals surface area contributed by atoms with Crippen LogP contribution in [0.4, 0.5) is 0 Å². The zero-order chi connectivity index (χ0) is 12.1. The predicted octanol–water partition coefficient (Wildman–Crippen LogP) is 1.83. The van der Waals surface area contributed by atoms with E-state index in [4.69, 9.17) is 11.6 Å². The lowest BCUT2D eigenvalue weighted by Crippen LogP contribution is -2.32. The first-order valence-corrected chi connectivity index (χ1v) is 5.54. The van der Waals surface area contributed by atoms with Crippen LogP contribution in [-0.4, -0.2) is 31.4 Å². The number of halogens is 1. The molecule has 1 aromatic carbocycles. The average Bonchev–Trinajstić information content (AvgIpc) is 2.20. The summed E-state index contributed by atoms with van der Waals surface area (Å²) in [4.78, 5) is 12.9. The fourth-order valence-electron chi connectivity index (χ4n) is 1.32. The van der Waals surface area contributed by atoms with Crippen molar-refractivity contribution in [1.29, 1.82) is 0 Å². The molecule has 0 aromatic heterocycles. The van der Waals surface area contributed by atoms with Gasteiger partial charge in [0.15, 0.2) is 0 Å². The summed E-state index contributed by atoms with van der Waals surface area (Å²) in [7, 11) is 3.50. The smallest absolute Gasteiger partial charge is 0.236 e. The Balaban J connectivity index is 2.46. The van der Waals surface area contributed by atoms with Crippen molar-refractivity contribution in [2.24, 2.45) is 0 Å². The highest BCUT2D eigenvalue weighted by Gasteiger charge is 2.03.